The number of hydrogen-bond acceptors (Lipinski definition) is 2. The first-order chi connectivity index (χ1) is 7.51. The van der Waals surface area contributed by atoms with Crippen molar-refractivity contribution in [2.75, 3.05) is 0 Å². The molecule has 1 aromatic rings. The van der Waals surface area contributed by atoms with Crippen molar-refractivity contribution in [3.8, 4) is 0 Å². The Bertz CT molecular complexity index is 455. The smallest absolute Gasteiger partial charge is 0.337 e. The van der Waals surface area contributed by atoms with Crippen molar-refractivity contribution < 1.29 is 14.7 Å². The third-order valence-corrected chi connectivity index (χ3v) is 2.45. The van der Waals surface area contributed by atoms with E-state index in [9.17, 15) is 9.59 Å². The van der Waals surface area contributed by atoms with Crippen LogP contribution in [-0.4, -0.2) is 21.8 Å². The van der Waals surface area contributed by atoms with Crippen LogP contribution in [0, 0.1) is 0 Å². The Kier molecular flexibility index (Phi) is 3.66. The number of aromatic nitrogens is 1. The maximum atomic E-state index is 11.2. The Balaban J connectivity index is 3.32. The maximum absolute atomic E-state index is 11.2. The molecule has 0 atom stereocenters. The zero-order valence-electron chi connectivity index (χ0n) is 9.63. The number of allylic oxidation sites excluding steroid dienone is 1. The van der Waals surface area contributed by atoms with Crippen LogP contribution in [0.5, 0.6) is 0 Å². The molecule has 0 unspecified atom stereocenters. The molecule has 0 bridgehead atoms. The average molecular weight is 221 g/mol. The van der Waals surface area contributed by atoms with E-state index >= 15 is 0 Å². The van der Waals surface area contributed by atoms with Gasteiger partial charge in [-0.05, 0) is 25.0 Å². The summed E-state index contributed by atoms with van der Waals surface area (Å²) in [5.74, 6) is -1.09. The van der Waals surface area contributed by atoms with Crippen molar-refractivity contribution in [3.63, 3.8) is 0 Å². The molecule has 0 aliphatic carbocycles. The van der Waals surface area contributed by atoms with Crippen LogP contribution in [0.15, 0.2) is 12.1 Å². The summed E-state index contributed by atoms with van der Waals surface area (Å²) >= 11 is 0. The number of rotatable bonds is 4. The Labute approximate surface area is 94.0 Å². The number of aryl methyl sites for hydroxylation is 1. The molecule has 0 aliphatic rings. The molecule has 1 heterocycles. The van der Waals surface area contributed by atoms with Gasteiger partial charge in [-0.3, -0.25) is 4.79 Å². The van der Waals surface area contributed by atoms with Gasteiger partial charge in [0.1, 0.15) is 0 Å². The number of ketones is 1. The van der Waals surface area contributed by atoms with E-state index in [1.807, 2.05) is 6.92 Å². The second kappa shape index (κ2) is 4.79. The predicted molar refractivity (Wildman–Crippen MR) is 61.5 cm³/mol. The molecule has 0 spiro atoms. The van der Waals surface area contributed by atoms with Crippen LogP contribution in [0.25, 0.3) is 5.57 Å². The molecule has 0 aromatic carbocycles. The van der Waals surface area contributed by atoms with E-state index in [-0.39, 0.29) is 11.4 Å². The van der Waals surface area contributed by atoms with Gasteiger partial charge in [-0.1, -0.05) is 13.0 Å². The van der Waals surface area contributed by atoms with Crippen molar-refractivity contribution in [2.45, 2.75) is 27.2 Å². The molecule has 86 valence electrons. The molecule has 1 rings (SSSR count). The lowest BCUT2D eigenvalue weighted by Crippen LogP contribution is -2.02. The zero-order valence-corrected chi connectivity index (χ0v) is 9.63. The van der Waals surface area contributed by atoms with Crippen LogP contribution in [0.3, 0.4) is 0 Å². The van der Waals surface area contributed by atoms with Crippen LogP contribution in [0.2, 0.25) is 0 Å². The minimum Gasteiger partial charge on any atom is -0.478 e. The highest BCUT2D eigenvalue weighted by Gasteiger charge is 2.17. The molecule has 0 saturated carbocycles. The van der Waals surface area contributed by atoms with Gasteiger partial charge in [0.05, 0.1) is 17.0 Å². The number of aromatic amines is 1. The van der Waals surface area contributed by atoms with E-state index in [0.29, 0.717) is 17.8 Å². The predicted octanol–water partition coefficient (Wildman–Crippen LogP) is 2.27. The van der Waals surface area contributed by atoms with Crippen molar-refractivity contribution in [1.29, 1.82) is 0 Å². The summed E-state index contributed by atoms with van der Waals surface area (Å²) in [7, 11) is 0. The first kappa shape index (κ1) is 12.2. The van der Waals surface area contributed by atoms with Gasteiger partial charge in [0.25, 0.3) is 0 Å². The van der Waals surface area contributed by atoms with Crippen molar-refractivity contribution in [1.82, 2.24) is 4.98 Å². The number of H-pyrrole nitrogens is 1. The summed E-state index contributed by atoms with van der Waals surface area (Å²) in [6.07, 6.45) is 2.21. The summed E-state index contributed by atoms with van der Waals surface area (Å²) in [6.45, 7) is 5.04. The number of hydrogen-bond donors (Lipinski definition) is 2. The summed E-state index contributed by atoms with van der Waals surface area (Å²) in [6, 6.07) is 1.71. The first-order valence-electron chi connectivity index (χ1n) is 5.14. The van der Waals surface area contributed by atoms with Crippen molar-refractivity contribution in [3.05, 3.63) is 29.1 Å². The molecular weight excluding hydrogens is 206 g/mol. The third kappa shape index (κ3) is 2.21. The van der Waals surface area contributed by atoms with Gasteiger partial charge in [0, 0.05) is 6.92 Å². The van der Waals surface area contributed by atoms with Gasteiger partial charge in [-0.25, -0.2) is 4.79 Å². The molecule has 0 radical (unpaired) electrons. The minimum absolute atomic E-state index is 0.0956. The lowest BCUT2D eigenvalue weighted by atomic mass is 10.1. The van der Waals surface area contributed by atoms with Crippen LogP contribution in [0.4, 0.5) is 0 Å². The molecular formula is C12H15NO3. The van der Waals surface area contributed by atoms with Crippen LogP contribution < -0.4 is 0 Å². The first-order valence-corrected chi connectivity index (χ1v) is 5.14. The quantitative estimate of drug-likeness (QED) is 0.605. The number of carbonyl (C=O) groups excluding carboxylic acids is 1. The highest BCUT2D eigenvalue weighted by atomic mass is 16.4. The highest BCUT2D eigenvalue weighted by molar-refractivity contribution is 6.15. The standard InChI is InChI=1S/C12H15NO3/c1-4-8-6-10(7(3)14)13-11(8)9(5-2)12(15)16/h5-6,13H,4H2,1-3H3,(H,15,16)/b9-5+. The SMILES string of the molecule is C/C=C(/C(=O)O)c1[nH]c(C(C)=O)cc1CC. The molecule has 2 N–H and O–H groups in total. The van der Waals surface area contributed by atoms with E-state index in [1.54, 1.807) is 13.0 Å². The fraction of sp³-hybridized carbons (Fsp3) is 0.333. The Morgan fingerprint density at radius 3 is 2.50 bits per heavy atom. The minimum atomic E-state index is -0.992. The summed E-state index contributed by atoms with van der Waals surface area (Å²) in [4.78, 5) is 25.1. The van der Waals surface area contributed by atoms with E-state index < -0.39 is 5.97 Å². The van der Waals surface area contributed by atoms with Gasteiger partial charge in [0.15, 0.2) is 5.78 Å². The maximum Gasteiger partial charge on any atom is 0.337 e. The second-order valence-corrected chi connectivity index (χ2v) is 3.50. The van der Waals surface area contributed by atoms with Gasteiger partial charge >= 0.3 is 5.97 Å². The molecule has 4 heteroatoms. The molecule has 0 fully saturated rings. The molecule has 0 saturated heterocycles. The molecule has 16 heavy (non-hydrogen) atoms. The molecule has 0 aliphatic heterocycles. The van der Waals surface area contributed by atoms with E-state index in [2.05, 4.69) is 4.98 Å². The van der Waals surface area contributed by atoms with Crippen molar-refractivity contribution in [2.24, 2.45) is 0 Å². The second-order valence-electron chi connectivity index (χ2n) is 3.50. The fourth-order valence-electron chi connectivity index (χ4n) is 1.58. The fourth-order valence-corrected chi connectivity index (χ4v) is 1.58. The van der Waals surface area contributed by atoms with E-state index in [0.717, 1.165) is 5.56 Å². The Morgan fingerprint density at radius 2 is 2.12 bits per heavy atom. The Hall–Kier alpha value is -1.84. The normalized spacial score (nSPS) is 11.6. The van der Waals surface area contributed by atoms with Gasteiger partial charge in [-0.15, -0.1) is 0 Å². The van der Waals surface area contributed by atoms with Crippen LogP contribution >= 0.6 is 0 Å². The largest absolute Gasteiger partial charge is 0.478 e. The number of carbonyl (C=O) groups is 2. The molecule has 1 aromatic heterocycles. The lowest BCUT2D eigenvalue weighted by Gasteiger charge is -2.01. The summed E-state index contributed by atoms with van der Waals surface area (Å²) in [5, 5.41) is 9.02. The van der Waals surface area contributed by atoms with Crippen LogP contribution in [0.1, 0.15) is 42.5 Å². The number of aliphatic carboxylic acids is 1. The van der Waals surface area contributed by atoms with Gasteiger partial charge in [0.2, 0.25) is 0 Å². The van der Waals surface area contributed by atoms with Crippen LogP contribution in [-0.2, 0) is 11.2 Å². The summed E-state index contributed by atoms with van der Waals surface area (Å²) < 4.78 is 0. The molecule has 4 nitrogen and oxygen atoms in total. The topological polar surface area (TPSA) is 70.2 Å². The number of Topliss-reactive ketones (excluding diaryl/α,β-unsaturated/α-hetero) is 1. The van der Waals surface area contributed by atoms with Gasteiger partial charge in [-0.2, -0.15) is 0 Å². The third-order valence-electron chi connectivity index (χ3n) is 2.45. The van der Waals surface area contributed by atoms with Gasteiger partial charge < -0.3 is 10.1 Å². The number of carboxylic acid groups (broad SMARTS) is 1. The summed E-state index contributed by atoms with van der Waals surface area (Å²) in [5.41, 5.74) is 2.03. The monoisotopic (exact) mass is 221 g/mol. The number of nitrogens with one attached hydrogen (secondary N) is 1. The molecule has 0 amide bonds. The van der Waals surface area contributed by atoms with E-state index in [4.69, 9.17) is 5.11 Å². The Morgan fingerprint density at radius 1 is 1.50 bits per heavy atom. The lowest BCUT2D eigenvalue weighted by molar-refractivity contribution is -0.130. The van der Waals surface area contributed by atoms with E-state index in [1.165, 1.54) is 13.0 Å². The van der Waals surface area contributed by atoms with Crippen molar-refractivity contribution >= 4 is 17.3 Å². The zero-order chi connectivity index (χ0) is 12.3. The number of carboxylic acids is 1. The average Bonchev–Trinajstić information content (AvgIpc) is 2.62. The highest BCUT2D eigenvalue weighted by Crippen LogP contribution is 2.21.